The van der Waals surface area contributed by atoms with Crippen LogP contribution in [0.25, 0.3) is 6.08 Å². The summed E-state index contributed by atoms with van der Waals surface area (Å²) in [4.78, 5) is 26.5. The molecular weight excluding hydrogens is 612 g/mol. The first-order valence-corrected chi connectivity index (χ1v) is 15.2. The number of fused-ring (bicyclic) bond motifs is 1. The van der Waals surface area contributed by atoms with Gasteiger partial charge >= 0.3 is 12.5 Å². The fourth-order valence-corrected chi connectivity index (χ4v) is 5.46. The van der Waals surface area contributed by atoms with Crippen LogP contribution in [-0.2, 0) is 19.4 Å². The summed E-state index contributed by atoms with van der Waals surface area (Å²) in [6.07, 6.45) is -3.55. The average Bonchev–Trinajstić information content (AvgIpc) is 3.33. The molecule has 0 aromatic heterocycles. The van der Waals surface area contributed by atoms with Crippen LogP contribution in [0.4, 0.5) is 17.6 Å². The predicted molar refractivity (Wildman–Crippen MR) is 170 cm³/mol. The molecule has 2 unspecified atom stereocenters. The molecule has 0 saturated heterocycles. The molecular formula is C37H34F4N2O4. The van der Waals surface area contributed by atoms with E-state index in [-0.39, 0.29) is 12.3 Å². The molecule has 2 atom stereocenters. The molecule has 0 spiro atoms. The number of benzene rings is 4. The van der Waals surface area contributed by atoms with Crippen molar-refractivity contribution < 1.29 is 37.0 Å². The summed E-state index contributed by atoms with van der Waals surface area (Å²) in [5, 5.41) is 17.3. The van der Waals surface area contributed by atoms with Crippen LogP contribution in [0, 0.1) is 0 Å². The maximum Gasteiger partial charge on any atom is 0.461 e. The van der Waals surface area contributed by atoms with Gasteiger partial charge in [0.2, 0.25) is 0 Å². The minimum Gasteiger partial charge on any atom is -0.428 e. The lowest BCUT2D eigenvalue weighted by Gasteiger charge is -2.26. The van der Waals surface area contributed by atoms with E-state index in [9.17, 15) is 32.3 Å². The number of halogens is 4. The number of amides is 2. The molecule has 0 saturated carbocycles. The molecule has 1 aliphatic carbocycles. The van der Waals surface area contributed by atoms with Crippen molar-refractivity contribution in [2.24, 2.45) is 0 Å². The predicted octanol–water partition coefficient (Wildman–Crippen LogP) is 7.28. The first-order chi connectivity index (χ1) is 22.6. The number of aryl methyl sites for hydroxylation is 1. The van der Waals surface area contributed by atoms with E-state index in [0.29, 0.717) is 28.8 Å². The van der Waals surface area contributed by atoms with Gasteiger partial charge in [0.25, 0.3) is 11.8 Å². The van der Waals surface area contributed by atoms with E-state index in [1.54, 1.807) is 42.5 Å². The number of aliphatic hydroxyl groups excluding tert-OH is 1. The minimum atomic E-state index is -4.69. The molecule has 0 radical (unpaired) electrons. The van der Waals surface area contributed by atoms with E-state index in [1.807, 2.05) is 48.6 Å². The number of nitrogens with one attached hydrogen (secondary N) is 2. The van der Waals surface area contributed by atoms with E-state index in [2.05, 4.69) is 15.4 Å². The second kappa shape index (κ2) is 15.1. The third-order valence-electron chi connectivity index (χ3n) is 7.91. The van der Waals surface area contributed by atoms with Crippen LogP contribution >= 0.6 is 0 Å². The Kier molecular flexibility index (Phi) is 10.7. The van der Waals surface area contributed by atoms with E-state index in [4.69, 9.17) is 0 Å². The van der Waals surface area contributed by atoms with Crippen molar-refractivity contribution in [3.05, 3.63) is 142 Å². The van der Waals surface area contributed by atoms with Gasteiger partial charge in [0.15, 0.2) is 0 Å². The average molecular weight is 647 g/mol. The van der Waals surface area contributed by atoms with E-state index >= 15 is 0 Å². The Morgan fingerprint density at radius 3 is 2.34 bits per heavy atom. The highest BCUT2D eigenvalue weighted by Crippen LogP contribution is 2.30. The Morgan fingerprint density at radius 1 is 0.872 bits per heavy atom. The van der Waals surface area contributed by atoms with Gasteiger partial charge in [-0.3, -0.25) is 9.59 Å². The number of carbonyl (C=O) groups excluding carboxylic acids is 2. The zero-order chi connectivity index (χ0) is 33.4. The Hall–Kier alpha value is -4.96. The number of aliphatic hydroxyl groups is 1. The van der Waals surface area contributed by atoms with Gasteiger partial charge in [0.1, 0.15) is 5.75 Å². The third-order valence-corrected chi connectivity index (χ3v) is 7.91. The Morgan fingerprint density at radius 2 is 1.60 bits per heavy atom. The highest BCUT2D eigenvalue weighted by molar-refractivity contribution is 5.98. The van der Waals surface area contributed by atoms with Crippen LogP contribution in [0.5, 0.6) is 5.75 Å². The molecule has 6 nitrogen and oxygen atoms in total. The molecule has 10 heteroatoms. The lowest BCUT2D eigenvalue weighted by Crippen LogP contribution is -2.41. The quantitative estimate of drug-likeness (QED) is 0.141. The highest BCUT2D eigenvalue weighted by atomic mass is 19.3. The van der Waals surface area contributed by atoms with Crippen molar-refractivity contribution in [1.29, 1.82) is 0 Å². The molecule has 1 aliphatic rings. The molecule has 0 aliphatic heterocycles. The van der Waals surface area contributed by atoms with Crippen LogP contribution < -0.4 is 15.4 Å². The van der Waals surface area contributed by atoms with Crippen LogP contribution in [0.1, 0.15) is 67.5 Å². The number of alkyl halides is 4. The van der Waals surface area contributed by atoms with Gasteiger partial charge in [-0.15, -0.1) is 0 Å². The number of hydrogen-bond donors (Lipinski definition) is 3. The van der Waals surface area contributed by atoms with Crippen molar-refractivity contribution in [1.82, 2.24) is 10.6 Å². The first-order valence-electron chi connectivity index (χ1n) is 15.2. The fourth-order valence-electron chi connectivity index (χ4n) is 5.46. The minimum absolute atomic E-state index is 0.0610. The first kappa shape index (κ1) is 33.4. The van der Waals surface area contributed by atoms with E-state index < -0.39 is 36.3 Å². The normalized spacial score (nSPS) is 14.1. The molecule has 0 heterocycles. The number of carbonyl (C=O) groups is 2. The van der Waals surface area contributed by atoms with Crippen molar-refractivity contribution in [3.63, 3.8) is 0 Å². The molecule has 3 N–H and O–H groups in total. The molecule has 4 aromatic carbocycles. The monoisotopic (exact) mass is 646 g/mol. The number of hydrogen-bond acceptors (Lipinski definition) is 4. The van der Waals surface area contributed by atoms with E-state index in [0.717, 1.165) is 42.0 Å². The van der Waals surface area contributed by atoms with E-state index in [1.165, 1.54) is 12.1 Å². The third kappa shape index (κ3) is 8.65. The van der Waals surface area contributed by atoms with Gasteiger partial charge in [0, 0.05) is 17.7 Å². The molecule has 0 bridgehead atoms. The van der Waals surface area contributed by atoms with Gasteiger partial charge in [0.05, 0.1) is 12.1 Å². The summed E-state index contributed by atoms with van der Waals surface area (Å²) in [6, 6.07) is 25.3. The highest BCUT2D eigenvalue weighted by Gasteiger charge is 2.44. The molecule has 47 heavy (non-hydrogen) atoms. The summed E-state index contributed by atoms with van der Waals surface area (Å²) in [7, 11) is 0. The van der Waals surface area contributed by atoms with Gasteiger partial charge in [-0.05, 0) is 83.8 Å². The lowest BCUT2D eigenvalue weighted by molar-refractivity contribution is -0.253. The smallest absolute Gasteiger partial charge is 0.428 e. The maximum absolute atomic E-state index is 13.7. The van der Waals surface area contributed by atoms with Crippen LogP contribution in [0.15, 0.2) is 103 Å². The van der Waals surface area contributed by atoms with Crippen molar-refractivity contribution in [2.45, 2.75) is 56.9 Å². The van der Waals surface area contributed by atoms with Crippen molar-refractivity contribution in [2.75, 3.05) is 0 Å². The standard InChI is InChI=1S/C37H34F4N2O4/c38-36(39)37(40,41)47-29-14-7-11-25(21-29)22-32(43-35(46)31-16-8-13-26-12-5-2-6-15-30(26)31)33(44)27-17-19-28(20-18-27)34(45)42-23-24-9-3-1-4-10-24/h1,3-4,6-11,13-21,32-33,36,44H,2,5,12,22-23H2,(H,42,45)(H,43,46). The fraction of sp³-hybridized carbons (Fsp3) is 0.243. The summed E-state index contributed by atoms with van der Waals surface area (Å²) in [6.45, 7) is 0.336. The molecule has 244 valence electrons. The van der Waals surface area contributed by atoms with Crippen molar-refractivity contribution >= 4 is 17.9 Å². The van der Waals surface area contributed by atoms with Gasteiger partial charge < -0.3 is 20.5 Å². The number of allylic oxidation sites excluding steroid dienone is 1. The molecule has 0 fully saturated rings. The van der Waals surface area contributed by atoms with Crippen molar-refractivity contribution in [3.8, 4) is 5.75 Å². The number of rotatable bonds is 12. The summed E-state index contributed by atoms with van der Waals surface area (Å²) in [5.41, 5.74) is 4.25. The molecule has 4 aromatic rings. The SMILES string of the molecule is O=C(NCc1ccccc1)c1ccc(C(O)C(Cc2cccc(OC(F)(F)C(F)F)c2)NC(=O)c2cccc3c2C=CCCC3)cc1. The largest absolute Gasteiger partial charge is 0.461 e. The zero-order valence-corrected chi connectivity index (χ0v) is 25.3. The second-order valence-corrected chi connectivity index (χ2v) is 11.3. The summed E-state index contributed by atoms with van der Waals surface area (Å²) < 4.78 is 57.0. The van der Waals surface area contributed by atoms with Gasteiger partial charge in [-0.25, -0.2) is 0 Å². The Bertz CT molecular complexity index is 1710. The van der Waals surface area contributed by atoms with Gasteiger partial charge in [-0.2, -0.15) is 17.6 Å². The van der Waals surface area contributed by atoms with Gasteiger partial charge in [-0.1, -0.05) is 78.9 Å². The Balaban J connectivity index is 1.38. The molecule has 2 amide bonds. The van der Waals surface area contributed by atoms with Crippen LogP contribution in [0.3, 0.4) is 0 Å². The summed E-state index contributed by atoms with van der Waals surface area (Å²) in [5.74, 6) is -1.25. The maximum atomic E-state index is 13.7. The summed E-state index contributed by atoms with van der Waals surface area (Å²) >= 11 is 0. The Labute approximate surface area is 270 Å². The zero-order valence-electron chi connectivity index (χ0n) is 25.3. The number of ether oxygens (including phenoxy) is 1. The molecule has 5 rings (SSSR count). The van der Waals surface area contributed by atoms with Crippen LogP contribution in [0.2, 0.25) is 0 Å². The topological polar surface area (TPSA) is 87.7 Å². The van der Waals surface area contributed by atoms with Crippen LogP contribution in [-0.4, -0.2) is 35.5 Å². The second-order valence-electron chi connectivity index (χ2n) is 11.3. The lowest BCUT2D eigenvalue weighted by atomic mass is 9.94.